The Morgan fingerprint density at radius 1 is 0.905 bits per heavy atom. The highest BCUT2D eigenvalue weighted by molar-refractivity contribution is 5.84. The number of aromatic hydroxyl groups is 1. The number of rotatable bonds is 2. The maximum absolute atomic E-state index is 9.30. The number of hydrogen-bond acceptors (Lipinski definition) is 4. The number of hydrogen-bond donors (Lipinski definition) is 2. The molecule has 0 bridgehead atoms. The zero-order valence-corrected chi connectivity index (χ0v) is 10.9. The van der Waals surface area contributed by atoms with E-state index in [1.165, 1.54) is 0 Å². The van der Waals surface area contributed by atoms with Crippen LogP contribution in [-0.2, 0) is 0 Å². The van der Waals surface area contributed by atoms with Crippen LogP contribution in [0.3, 0.4) is 0 Å². The molecule has 5 heteroatoms. The molecule has 0 saturated heterocycles. The first-order valence-corrected chi connectivity index (χ1v) is 6.51. The lowest BCUT2D eigenvalue weighted by Gasteiger charge is -1.94. The van der Waals surface area contributed by atoms with Crippen LogP contribution in [0.4, 0.5) is 0 Å². The Morgan fingerprint density at radius 3 is 2.48 bits per heavy atom. The Labute approximate surface area is 119 Å². The van der Waals surface area contributed by atoms with Gasteiger partial charge in [0.1, 0.15) is 11.4 Å². The minimum absolute atomic E-state index is 0.203. The molecule has 0 aliphatic rings. The zero-order chi connectivity index (χ0) is 14.2. The highest BCUT2D eigenvalue weighted by Crippen LogP contribution is 2.26. The molecule has 2 aromatic carbocycles. The molecular weight excluding hydrogens is 266 g/mol. The van der Waals surface area contributed by atoms with Crippen molar-refractivity contribution in [1.82, 2.24) is 15.2 Å². The molecule has 4 rings (SSSR count). The van der Waals surface area contributed by atoms with E-state index in [1.54, 1.807) is 24.3 Å². The van der Waals surface area contributed by atoms with Crippen LogP contribution in [-0.4, -0.2) is 20.3 Å². The SMILES string of the molecule is Oc1ccc(-c2nnc(-c3cc4ccccc4[nH]3)o2)cc1. The molecule has 2 aromatic heterocycles. The van der Waals surface area contributed by atoms with Gasteiger partial charge in [-0.1, -0.05) is 18.2 Å². The van der Waals surface area contributed by atoms with Crippen LogP contribution in [0.15, 0.2) is 59.0 Å². The van der Waals surface area contributed by atoms with E-state index in [0.717, 1.165) is 22.2 Å². The Bertz CT molecular complexity index is 874. The molecule has 0 fully saturated rings. The van der Waals surface area contributed by atoms with Crippen molar-refractivity contribution in [2.75, 3.05) is 0 Å². The predicted octanol–water partition coefficient (Wildman–Crippen LogP) is 3.59. The second-order valence-electron chi connectivity index (χ2n) is 4.73. The number of fused-ring (bicyclic) bond motifs is 1. The fraction of sp³-hybridized carbons (Fsp3) is 0. The maximum atomic E-state index is 9.30. The summed E-state index contributed by atoms with van der Waals surface area (Å²) in [5.41, 5.74) is 2.58. The topological polar surface area (TPSA) is 74.9 Å². The van der Waals surface area contributed by atoms with Gasteiger partial charge in [0.25, 0.3) is 5.89 Å². The summed E-state index contributed by atoms with van der Waals surface area (Å²) in [6.07, 6.45) is 0. The van der Waals surface area contributed by atoms with Gasteiger partial charge in [-0.05, 0) is 36.4 Å². The summed E-state index contributed by atoms with van der Waals surface area (Å²) >= 11 is 0. The average Bonchev–Trinajstić information content (AvgIpc) is 3.14. The van der Waals surface area contributed by atoms with Crippen LogP contribution in [0.1, 0.15) is 0 Å². The molecule has 0 aliphatic heterocycles. The number of para-hydroxylation sites is 1. The molecule has 2 N–H and O–H groups in total. The molecule has 0 aliphatic carbocycles. The number of aromatic amines is 1. The standard InChI is InChI=1S/C16H11N3O2/c20-12-7-5-10(6-8-12)15-18-19-16(21-15)14-9-11-3-1-2-4-13(11)17-14/h1-9,17,20H. The largest absolute Gasteiger partial charge is 0.508 e. The Hall–Kier alpha value is -3.08. The lowest BCUT2D eigenvalue weighted by molar-refractivity contribution is 0.475. The zero-order valence-electron chi connectivity index (χ0n) is 10.9. The van der Waals surface area contributed by atoms with E-state index < -0.39 is 0 Å². The molecule has 0 radical (unpaired) electrons. The van der Waals surface area contributed by atoms with Crippen LogP contribution >= 0.6 is 0 Å². The summed E-state index contributed by atoms with van der Waals surface area (Å²) in [7, 11) is 0. The smallest absolute Gasteiger partial charge is 0.264 e. The van der Waals surface area contributed by atoms with Gasteiger partial charge in [0.15, 0.2) is 0 Å². The number of H-pyrrole nitrogens is 1. The minimum atomic E-state index is 0.203. The van der Waals surface area contributed by atoms with Crippen molar-refractivity contribution in [3.05, 3.63) is 54.6 Å². The van der Waals surface area contributed by atoms with E-state index in [-0.39, 0.29) is 5.75 Å². The lowest BCUT2D eigenvalue weighted by Crippen LogP contribution is -1.76. The van der Waals surface area contributed by atoms with Crippen LogP contribution in [0.2, 0.25) is 0 Å². The molecule has 0 unspecified atom stereocenters. The number of phenolic OH excluding ortho intramolecular Hbond substituents is 1. The van der Waals surface area contributed by atoms with Crippen molar-refractivity contribution < 1.29 is 9.52 Å². The van der Waals surface area contributed by atoms with Gasteiger partial charge >= 0.3 is 0 Å². The van der Waals surface area contributed by atoms with Gasteiger partial charge < -0.3 is 14.5 Å². The molecule has 5 nitrogen and oxygen atoms in total. The normalized spacial score (nSPS) is 11.0. The van der Waals surface area contributed by atoms with Crippen molar-refractivity contribution in [2.24, 2.45) is 0 Å². The van der Waals surface area contributed by atoms with Crippen molar-refractivity contribution in [1.29, 1.82) is 0 Å². The summed E-state index contributed by atoms with van der Waals surface area (Å²) in [5.74, 6) is 1.06. The Balaban J connectivity index is 1.75. The Morgan fingerprint density at radius 2 is 1.67 bits per heavy atom. The molecule has 0 amide bonds. The molecule has 0 spiro atoms. The van der Waals surface area contributed by atoms with E-state index in [9.17, 15) is 5.11 Å². The van der Waals surface area contributed by atoms with Crippen LogP contribution in [0.25, 0.3) is 33.9 Å². The third-order valence-corrected chi connectivity index (χ3v) is 3.30. The first-order chi connectivity index (χ1) is 10.3. The third kappa shape index (κ3) is 2.04. The summed E-state index contributed by atoms with van der Waals surface area (Å²) < 4.78 is 5.69. The third-order valence-electron chi connectivity index (χ3n) is 3.30. The quantitative estimate of drug-likeness (QED) is 0.587. The summed E-state index contributed by atoms with van der Waals surface area (Å²) in [4.78, 5) is 3.25. The second-order valence-corrected chi connectivity index (χ2v) is 4.73. The highest BCUT2D eigenvalue weighted by Gasteiger charge is 2.12. The minimum Gasteiger partial charge on any atom is -0.508 e. The van der Waals surface area contributed by atoms with Gasteiger partial charge in [-0.3, -0.25) is 0 Å². The van der Waals surface area contributed by atoms with Gasteiger partial charge in [0.2, 0.25) is 5.89 Å². The number of phenols is 1. The number of aromatic nitrogens is 3. The first kappa shape index (κ1) is 11.7. The highest BCUT2D eigenvalue weighted by atomic mass is 16.4. The number of nitrogens with one attached hydrogen (secondary N) is 1. The molecule has 0 saturated carbocycles. The Kier molecular flexibility index (Phi) is 2.50. The van der Waals surface area contributed by atoms with E-state index >= 15 is 0 Å². The van der Waals surface area contributed by atoms with Gasteiger partial charge in [0, 0.05) is 16.5 Å². The van der Waals surface area contributed by atoms with Crippen LogP contribution in [0, 0.1) is 0 Å². The molecular formula is C16H11N3O2. The molecule has 21 heavy (non-hydrogen) atoms. The monoisotopic (exact) mass is 277 g/mol. The van der Waals surface area contributed by atoms with Crippen LogP contribution in [0.5, 0.6) is 5.75 Å². The lowest BCUT2D eigenvalue weighted by atomic mass is 10.2. The van der Waals surface area contributed by atoms with Crippen molar-refractivity contribution in [2.45, 2.75) is 0 Å². The number of benzene rings is 2. The molecule has 2 heterocycles. The summed E-state index contributed by atoms with van der Waals surface area (Å²) in [5, 5.41) is 18.5. The second kappa shape index (κ2) is 4.49. The summed E-state index contributed by atoms with van der Waals surface area (Å²) in [6, 6.07) is 16.6. The van der Waals surface area contributed by atoms with Crippen molar-refractivity contribution in [3.63, 3.8) is 0 Å². The fourth-order valence-corrected chi connectivity index (χ4v) is 2.24. The summed E-state index contributed by atoms with van der Waals surface area (Å²) in [6.45, 7) is 0. The maximum Gasteiger partial charge on any atom is 0.264 e. The number of nitrogens with zero attached hydrogens (tertiary/aromatic N) is 2. The fourth-order valence-electron chi connectivity index (χ4n) is 2.24. The predicted molar refractivity (Wildman–Crippen MR) is 78.7 cm³/mol. The first-order valence-electron chi connectivity index (χ1n) is 6.51. The molecule has 0 atom stereocenters. The van der Waals surface area contributed by atoms with E-state index in [4.69, 9.17) is 4.42 Å². The van der Waals surface area contributed by atoms with E-state index in [0.29, 0.717) is 11.8 Å². The molecule has 102 valence electrons. The average molecular weight is 277 g/mol. The van der Waals surface area contributed by atoms with Gasteiger partial charge in [-0.2, -0.15) is 0 Å². The van der Waals surface area contributed by atoms with Crippen molar-refractivity contribution in [3.8, 4) is 28.8 Å². The van der Waals surface area contributed by atoms with Gasteiger partial charge in [-0.15, -0.1) is 10.2 Å². The van der Waals surface area contributed by atoms with E-state index in [1.807, 2.05) is 30.3 Å². The molecule has 4 aromatic rings. The van der Waals surface area contributed by atoms with Crippen molar-refractivity contribution >= 4 is 10.9 Å². The van der Waals surface area contributed by atoms with Gasteiger partial charge in [0.05, 0.1) is 0 Å². The van der Waals surface area contributed by atoms with Crippen LogP contribution < -0.4 is 0 Å². The van der Waals surface area contributed by atoms with Gasteiger partial charge in [-0.25, -0.2) is 0 Å². The van der Waals surface area contributed by atoms with E-state index in [2.05, 4.69) is 15.2 Å².